The van der Waals surface area contributed by atoms with E-state index in [1.165, 1.54) is 6.20 Å². The van der Waals surface area contributed by atoms with E-state index in [-0.39, 0.29) is 12.1 Å². The quantitative estimate of drug-likeness (QED) is 0.845. The SMILES string of the molecule is CC(C)N(CC1CCCN1)S(=O)(=O)c1cc[nH]c1. The fraction of sp³-hybridized carbons (Fsp3) is 0.667. The smallest absolute Gasteiger partial charge is 0.244 e. The molecule has 1 fully saturated rings. The average molecular weight is 271 g/mol. The summed E-state index contributed by atoms with van der Waals surface area (Å²) in [5.74, 6) is 0. The molecule has 2 N–H and O–H groups in total. The van der Waals surface area contributed by atoms with E-state index < -0.39 is 10.0 Å². The molecule has 0 radical (unpaired) electrons. The zero-order valence-corrected chi connectivity index (χ0v) is 11.7. The van der Waals surface area contributed by atoms with Gasteiger partial charge in [-0.3, -0.25) is 0 Å². The van der Waals surface area contributed by atoms with Gasteiger partial charge in [-0.15, -0.1) is 0 Å². The van der Waals surface area contributed by atoms with Gasteiger partial charge in [0.2, 0.25) is 10.0 Å². The van der Waals surface area contributed by atoms with Crippen LogP contribution in [0.5, 0.6) is 0 Å². The predicted molar refractivity (Wildman–Crippen MR) is 70.8 cm³/mol. The van der Waals surface area contributed by atoms with Crippen LogP contribution in [-0.4, -0.2) is 42.9 Å². The lowest BCUT2D eigenvalue weighted by molar-refractivity contribution is 0.322. The summed E-state index contributed by atoms with van der Waals surface area (Å²) in [6.45, 7) is 5.37. The maximum absolute atomic E-state index is 12.5. The summed E-state index contributed by atoms with van der Waals surface area (Å²) >= 11 is 0. The molecule has 0 aliphatic carbocycles. The fourth-order valence-corrected chi connectivity index (χ4v) is 3.98. The second-order valence-corrected chi connectivity index (χ2v) is 6.90. The van der Waals surface area contributed by atoms with Gasteiger partial charge in [0.1, 0.15) is 0 Å². The number of hydrogen-bond acceptors (Lipinski definition) is 3. The number of nitrogens with zero attached hydrogens (tertiary/aromatic N) is 1. The Morgan fingerprint density at radius 3 is 2.78 bits per heavy atom. The summed E-state index contributed by atoms with van der Waals surface area (Å²) < 4.78 is 26.6. The van der Waals surface area contributed by atoms with Crippen LogP contribution in [0.15, 0.2) is 23.4 Å². The number of sulfonamides is 1. The zero-order chi connectivity index (χ0) is 13.2. The summed E-state index contributed by atoms with van der Waals surface area (Å²) in [6.07, 6.45) is 5.35. The molecule has 2 heterocycles. The highest BCUT2D eigenvalue weighted by Crippen LogP contribution is 2.19. The van der Waals surface area contributed by atoms with Gasteiger partial charge in [-0.1, -0.05) is 0 Å². The monoisotopic (exact) mass is 271 g/mol. The number of aromatic amines is 1. The lowest BCUT2D eigenvalue weighted by Crippen LogP contribution is -2.44. The van der Waals surface area contributed by atoms with Gasteiger partial charge in [-0.25, -0.2) is 8.42 Å². The summed E-state index contributed by atoms with van der Waals surface area (Å²) in [4.78, 5) is 3.14. The Morgan fingerprint density at radius 2 is 2.28 bits per heavy atom. The first-order valence-corrected chi connectivity index (χ1v) is 7.84. The molecule has 0 bridgehead atoms. The van der Waals surface area contributed by atoms with Gasteiger partial charge in [-0.05, 0) is 39.3 Å². The van der Waals surface area contributed by atoms with E-state index in [0.717, 1.165) is 19.4 Å². The minimum Gasteiger partial charge on any atom is -0.366 e. The molecular formula is C12H21N3O2S. The van der Waals surface area contributed by atoms with Gasteiger partial charge in [-0.2, -0.15) is 4.31 Å². The first-order valence-electron chi connectivity index (χ1n) is 6.40. The molecule has 1 aromatic heterocycles. The van der Waals surface area contributed by atoms with Crippen LogP contribution in [0, 0.1) is 0 Å². The van der Waals surface area contributed by atoms with Crippen molar-refractivity contribution in [2.75, 3.05) is 13.1 Å². The molecule has 0 aromatic carbocycles. The molecule has 1 atom stereocenters. The van der Waals surface area contributed by atoms with Gasteiger partial charge < -0.3 is 10.3 Å². The zero-order valence-electron chi connectivity index (χ0n) is 10.9. The molecule has 0 saturated carbocycles. The van der Waals surface area contributed by atoms with E-state index in [0.29, 0.717) is 11.4 Å². The van der Waals surface area contributed by atoms with Crippen molar-refractivity contribution >= 4 is 10.0 Å². The van der Waals surface area contributed by atoms with E-state index in [9.17, 15) is 8.42 Å². The van der Waals surface area contributed by atoms with Crippen molar-refractivity contribution in [3.8, 4) is 0 Å². The Balaban J connectivity index is 2.19. The normalized spacial score (nSPS) is 21.0. The van der Waals surface area contributed by atoms with Crippen molar-refractivity contribution in [3.63, 3.8) is 0 Å². The molecule has 18 heavy (non-hydrogen) atoms. The van der Waals surface area contributed by atoms with Crippen LogP contribution in [0.2, 0.25) is 0 Å². The largest absolute Gasteiger partial charge is 0.366 e. The summed E-state index contributed by atoms with van der Waals surface area (Å²) in [5.41, 5.74) is 0. The third-order valence-corrected chi connectivity index (χ3v) is 5.35. The Hall–Kier alpha value is -0.850. The first kappa shape index (κ1) is 13.6. The molecule has 2 rings (SSSR count). The Bertz CT molecular complexity index is 462. The summed E-state index contributed by atoms with van der Waals surface area (Å²) in [5, 5.41) is 3.35. The molecule has 1 aliphatic rings. The third kappa shape index (κ3) is 2.76. The first-order chi connectivity index (χ1) is 8.51. The van der Waals surface area contributed by atoms with E-state index in [2.05, 4.69) is 10.3 Å². The highest BCUT2D eigenvalue weighted by molar-refractivity contribution is 7.89. The Kier molecular flexibility index (Phi) is 4.09. The number of H-pyrrole nitrogens is 1. The summed E-state index contributed by atoms with van der Waals surface area (Å²) in [6, 6.07) is 1.85. The van der Waals surface area contributed by atoms with Crippen LogP contribution in [0.25, 0.3) is 0 Å². The third-order valence-electron chi connectivity index (χ3n) is 3.31. The van der Waals surface area contributed by atoms with E-state index in [1.54, 1.807) is 16.6 Å². The van der Waals surface area contributed by atoms with Gasteiger partial charge >= 0.3 is 0 Å². The topological polar surface area (TPSA) is 65.2 Å². The molecule has 5 nitrogen and oxygen atoms in total. The van der Waals surface area contributed by atoms with Crippen molar-refractivity contribution in [2.45, 2.75) is 43.7 Å². The van der Waals surface area contributed by atoms with E-state index >= 15 is 0 Å². The van der Waals surface area contributed by atoms with Crippen molar-refractivity contribution < 1.29 is 8.42 Å². The Labute approximate surface area is 109 Å². The molecule has 1 unspecified atom stereocenters. The molecule has 1 saturated heterocycles. The molecular weight excluding hydrogens is 250 g/mol. The standard InChI is InChI=1S/C12H21N3O2S/c1-10(2)15(9-11-4-3-6-14-11)18(16,17)12-5-7-13-8-12/h5,7-8,10-11,13-14H,3-4,6,9H2,1-2H3. The highest BCUT2D eigenvalue weighted by Gasteiger charge is 2.30. The number of aromatic nitrogens is 1. The van der Waals surface area contributed by atoms with Gasteiger partial charge in [0, 0.05) is 31.0 Å². The van der Waals surface area contributed by atoms with Crippen molar-refractivity contribution in [1.29, 1.82) is 0 Å². The van der Waals surface area contributed by atoms with Crippen LogP contribution in [0.4, 0.5) is 0 Å². The minimum absolute atomic E-state index is 0.0349. The van der Waals surface area contributed by atoms with E-state index in [1.807, 2.05) is 13.8 Å². The van der Waals surface area contributed by atoms with E-state index in [4.69, 9.17) is 0 Å². The Morgan fingerprint density at radius 1 is 1.50 bits per heavy atom. The molecule has 102 valence electrons. The van der Waals surface area contributed by atoms with Gasteiger partial charge in [0.05, 0.1) is 4.90 Å². The summed E-state index contributed by atoms with van der Waals surface area (Å²) in [7, 11) is -3.38. The molecule has 1 aliphatic heterocycles. The molecule has 6 heteroatoms. The van der Waals surface area contributed by atoms with Crippen molar-refractivity contribution in [2.24, 2.45) is 0 Å². The van der Waals surface area contributed by atoms with Crippen LogP contribution >= 0.6 is 0 Å². The molecule has 0 amide bonds. The van der Waals surface area contributed by atoms with Crippen molar-refractivity contribution in [1.82, 2.24) is 14.6 Å². The van der Waals surface area contributed by atoms with Crippen LogP contribution < -0.4 is 5.32 Å². The maximum Gasteiger partial charge on any atom is 0.244 e. The van der Waals surface area contributed by atoms with Gasteiger partial charge in [0.25, 0.3) is 0 Å². The van der Waals surface area contributed by atoms with Crippen molar-refractivity contribution in [3.05, 3.63) is 18.5 Å². The van der Waals surface area contributed by atoms with Crippen LogP contribution in [0.1, 0.15) is 26.7 Å². The highest BCUT2D eigenvalue weighted by atomic mass is 32.2. The lowest BCUT2D eigenvalue weighted by atomic mass is 10.2. The van der Waals surface area contributed by atoms with Crippen LogP contribution in [-0.2, 0) is 10.0 Å². The second kappa shape index (κ2) is 5.42. The maximum atomic E-state index is 12.5. The number of nitrogens with one attached hydrogen (secondary N) is 2. The fourth-order valence-electron chi connectivity index (χ4n) is 2.32. The lowest BCUT2D eigenvalue weighted by Gasteiger charge is -2.28. The number of rotatable bonds is 5. The number of hydrogen-bond donors (Lipinski definition) is 2. The van der Waals surface area contributed by atoms with Crippen LogP contribution in [0.3, 0.4) is 0 Å². The average Bonchev–Trinajstić information content (AvgIpc) is 2.98. The van der Waals surface area contributed by atoms with Gasteiger partial charge in [0.15, 0.2) is 0 Å². The minimum atomic E-state index is -3.38. The molecule has 0 spiro atoms. The second-order valence-electron chi connectivity index (χ2n) is 5.01. The predicted octanol–water partition coefficient (Wildman–Crippen LogP) is 1.17. The molecule has 1 aromatic rings.